The van der Waals surface area contributed by atoms with Crippen molar-refractivity contribution in [1.29, 1.82) is 0 Å². The van der Waals surface area contributed by atoms with E-state index in [4.69, 9.17) is 4.98 Å². The molecule has 0 saturated heterocycles. The van der Waals surface area contributed by atoms with Gasteiger partial charge in [-0.3, -0.25) is 4.72 Å². The van der Waals surface area contributed by atoms with Crippen LogP contribution in [0.25, 0.3) is 22.4 Å². The summed E-state index contributed by atoms with van der Waals surface area (Å²) in [6.07, 6.45) is 0. The maximum absolute atomic E-state index is 12.9. The molecule has 0 atom stereocenters. The third-order valence-corrected chi connectivity index (χ3v) is 7.47. The lowest BCUT2D eigenvalue weighted by Crippen LogP contribution is -2.13. The van der Waals surface area contributed by atoms with Gasteiger partial charge in [0.2, 0.25) is 0 Å². The van der Waals surface area contributed by atoms with E-state index in [1.807, 2.05) is 36.4 Å². The van der Waals surface area contributed by atoms with Crippen molar-refractivity contribution < 1.29 is 8.42 Å². The fraction of sp³-hybridized carbons (Fsp3) is 0.0741. The number of para-hydroxylation sites is 2. The molecule has 1 heterocycles. The molecule has 0 amide bonds. The van der Waals surface area contributed by atoms with E-state index in [0.717, 1.165) is 22.4 Å². The van der Waals surface area contributed by atoms with Crippen molar-refractivity contribution in [3.8, 4) is 11.4 Å². The largest absolute Gasteiger partial charge is 0.319 e. The van der Waals surface area contributed by atoms with Gasteiger partial charge in [0.1, 0.15) is 5.82 Å². The first kappa shape index (κ1) is 22.4. The van der Waals surface area contributed by atoms with Crippen molar-refractivity contribution in [3.63, 3.8) is 0 Å². The maximum Gasteiger partial charge on any atom is 0.261 e. The Morgan fingerprint density at radius 1 is 0.882 bits per heavy atom. The van der Waals surface area contributed by atoms with E-state index in [2.05, 4.69) is 62.5 Å². The summed E-state index contributed by atoms with van der Waals surface area (Å²) in [6.45, 7) is 2.73. The molecule has 5 aromatic rings. The van der Waals surface area contributed by atoms with Crippen LogP contribution in [-0.2, 0) is 16.6 Å². The van der Waals surface area contributed by atoms with Gasteiger partial charge in [-0.2, -0.15) is 0 Å². The molecule has 1 N–H and O–H groups in total. The fourth-order valence-electron chi connectivity index (χ4n) is 3.90. The first-order valence-corrected chi connectivity index (χ1v) is 13.1. The van der Waals surface area contributed by atoms with Crippen LogP contribution in [0.2, 0.25) is 0 Å². The number of rotatable bonds is 6. The number of nitrogens with zero attached hydrogens (tertiary/aromatic N) is 2. The van der Waals surface area contributed by atoms with E-state index in [9.17, 15) is 8.42 Å². The molecule has 5 nitrogen and oxygen atoms in total. The van der Waals surface area contributed by atoms with Gasteiger partial charge in [0.25, 0.3) is 10.0 Å². The second kappa shape index (κ2) is 9.08. The average molecular weight is 532 g/mol. The van der Waals surface area contributed by atoms with Crippen LogP contribution in [0.5, 0.6) is 0 Å². The Hall–Kier alpha value is -3.42. The molecule has 0 bridgehead atoms. The predicted molar refractivity (Wildman–Crippen MR) is 140 cm³/mol. The lowest BCUT2D eigenvalue weighted by Gasteiger charge is -2.12. The third-order valence-electron chi connectivity index (χ3n) is 5.60. The zero-order chi connectivity index (χ0) is 23.7. The molecule has 1 aromatic heterocycles. The van der Waals surface area contributed by atoms with E-state index in [-0.39, 0.29) is 4.90 Å². The Morgan fingerprint density at radius 3 is 2.44 bits per heavy atom. The van der Waals surface area contributed by atoms with E-state index in [0.29, 0.717) is 16.7 Å². The van der Waals surface area contributed by atoms with Crippen molar-refractivity contribution >= 4 is 42.7 Å². The van der Waals surface area contributed by atoms with Gasteiger partial charge in [-0.25, -0.2) is 13.4 Å². The van der Waals surface area contributed by atoms with Crippen LogP contribution >= 0.6 is 15.9 Å². The van der Waals surface area contributed by atoms with Crippen LogP contribution in [0.4, 0.5) is 5.69 Å². The molecular weight excluding hydrogens is 510 g/mol. The smallest absolute Gasteiger partial charge is 0.261 e. The average Bonchev–Trinajstić information content (AvgIpc) is 3.19. The first-order chi connectivity index (χ1) is 16.4. The second-order valence-corrected chi connectivity index (χ2v) is 10.7. The molecule has 170 valence electrons. The summed E-state index contributed by atoms with van der Waals surface area (Å²) < 4.78 is 31.4. The SMILES string of the molecule is Cc1ccc(Cn2c(-c3cccc(NS(=O)(=O)c4cccc(Br)c4)c3)nc3ccccc32)cc1. The van der Waals surface area contributed by atoms with Gasteiger partial charge in [0.15, 0.2) is 0 Å². The number of halogens is 1. The van der Waals surface area contributed by atoms with Crippen LogP contribution < -0.4 is 4.72 Å². The highest BCUT2D eigenvalue weighted by atomic mass is 79.9. The van der Waals surface area contributed by atoms with Gasteiger partial charge in [-0.05, 0) is 55.0 Å². The summed E-state index contributed by atoms with van der Waals surface area (Å²) in [5.74, 6) is 0.783. The van der Waals surface area contributed by atoms with Crippen molar-refractivity contribution in [1.82, 2.24) is 9.55 Å². The van der Waals surface area contributed by atoms with E-state index < -0.39 is 10.0 Å². The number of aromatic nitrogens is 2. The van der Waals surface area contributed by atoms with Gasteiger partial charge in [0, 0.05) is 22.3 Å². The number of fused-ring (bicyclic) bond motifs is 1. The summed E-state index contributed by atoms with van der Waals surface area (Å²) >= 11 is 3.33. The number of nitrogens with one attached hydrogen (secondary N) is 1. The summed E-state index contributed by atoms with van der Waals surface area (Å²) in [4.78, 5) is 5.08. The lowest BCUT2D eigenvalue weighted by molar-refractivity contribution is 0.601. The van der Waals surface area contributed by atoms with Crippen LogP contribution in [0.1, 0.15) is 11.1 Å². The molecule has 0 unspecified atom stereocenters. The van der Waals surface area contributed by atoms with Gasteiger partial charge in [0.05, 0.1) is 15.9 Å². The molecule has 5 rings (SSSR count). The van der Waals surface area contributed by atoms with Gasteiger partial charge >= 0.3 is 0 Å². The Labute approximate surface area is 207 Å². The van der Waals surface area contributed by atoms with Crippen LogP contribution in [0.3, 0.4) is 0 Å². The molecule has 0 fully saturated rings. The molecule has 7 heteroatoms. The molecule has 34 heavy (non-hydrogen) atoms. The van der Waals surface area contributed by atoms with E-state index in [1.54, 1.807) is 30.3 Å². The number of benzene rings is 4. The Morgan fingerprint density at radius 2 is 1.65 bits per heavy atom. The molecule has 4 aromatic carbocycles. The number of hydrogen-bond donors (Lipinski definition) is 1. The Bertz CT molecular complexity index is 1590. The van der Waals surface area contributed by atoms with Crippen LogP contribution in [0.15, 0.2) is 106 Å². The Kier molecular flexibility index (Phi) is 5.98. The van der Waals surface area contributed by atoms with Gasteiger partial charge in [-0.1, -0.05) is 76.1 Å². The Balaban J connectivity index is 1.54. The highest BCUT2D eigenvalue weighted by Crippen LogP contribution is 2.29. The van der Waals surface area contributed by atoms with Gasteiger partial charge in [-0.15, -0.1) is 0 Å². The van der Waals surface area contributed by atoms with Crippen molar-refractivity contribution in [2.24, 2.45) is 0 Å². The highest BCUT2D eigenvalue weighted by Gasteiger charge is 2.17. The van der Waals surface area contributed by atoms with Crippen LogP contribution in [-0.4, -0.2) is 18.0 Å². The third kappa shape index (κ3) is 4.62. The zero-order valence-electron chi connectivity index (χ0n) is 18.4. The summed E-state index contributed by atoms with van der Waals surface area (Å²) in [5, 5.41) is 0. The van der Waals surface area contributed by atoms with Crippen molar-refractivity contribution in [2.75, 3.05) is 4.72 Å². The van der Waals surface area contributed by atoms with Crippen molar-refractivity contribution in [2.45, 2.75) is 18.4 Å². The predicted octanol–water partition coefficient (Wildman–Crippen LogP) is 6.62. The topological polar surface area (TPSA) is 64.0 Å². The lowest BCUT2D eigenvalue weighted by atomic mass is 10.1. The quantitative estimate of drug-likeness (QED) is 0.267. The molecule has 0 aliphatic heterocycles. The fourth-order valence-corrected chi connectivity index (χ4v) is 5.55. The summed E-state index contributed by atoms with van der Waals surface area (Å²) in [5.41, 5.74) is 5.61. The number of anilines is 1. The molecule has 0 saturated carbocycles. The maximum atomic E-state index is 12.9. The minimum atomic E-state index is -3.73. The minimum Gasteiger partial charge on any atom is -0.319 e. The normalized spacial score (nSPS) is 11.6. The number of hydrogen-bond acceptors (Lipinski definition) is 3. The van der Waals surface area contributed by atoms with E-state index >= 15 is 0 Å². The number of aryl methyl sites for hydroxylation is 1. The summed E-state index contributed by atoms with van der Waals surface area (Å²) in [6, 6.07) is 30.4. The van der Waals surface area contributed by atoms with Crippen molar-refractivity contribution in [3.05, 3.63) is 113 Å². The monoisotopic (exact) mass is 531 g/mol. The molecular formula is C27H22BrN3O2S. The molecule has 0 aliphatic rings. The summed E-state index contributed by atoms with van der Waals surface area (Å²) in [7, 11) is -3.73. The number of sulfonamides is 1. The van der Waals surface area contributed by atoms with Crippen LogP contribution in [0, 0.1) is 6.92 Å². The standard InChI is InChI=1S/C27H22BrN3O2S/c1-19-12-14-20(15-13-19)18-31-26-11-3-2-10-25(26)29-27(31)21-6-4-8-23(16-21)30-34(32,33)24-9-5-7-22(28)17-24/h2-17,30H,18H2,1H3. The molecule has 0 radical (unpaired) electrons. The number of imidazole rings is 1. The second-order valence-electron chi connectivity index (χ2n) is 8.14. The minimum absolute atomic E-state index is 0.193. The van der Waals surface area contributed by atoms with E-state index in [1.165, 1.54) is 11.1 Å². The first-order valence-electron chi connectivity index (χ1n) is 10.8. The zero-order valence-corrected chi connectivity index (χ0v) is 20.8. The molecule has 0 spiro atoms. The highest BCUT2D eigenvalue weighted by molar-refractivity contribution is 9.10. The van der Waals surface area contributed by atoms with Gasteiger partial charge < -0.3 is 4.57 Å². The molecule has 0 aliphatic carbocycles.